The number of benzene rings is 2. The number of hydrogen-bond acceptors (Lipinski definition) is 2. The lowest BCUT2D eigenvalue weighted by Crippen LogP contribution is -1.97. The minimum absolute atomic E-state index is 0.362. The summed E-state index contributed by atoms with van der Waals surface area (Å²) in [6, 6.07) is 11.6. The predicted octanol–water partition coefficient (Wildman–Crippen LogP) is 5.07. The quantitative estimate of drug-likeness (QED) is 0.630. The topological polar surface area (TPSA) is 27.1 Å². The van der Waals surface area contributed by atoms with E-state index < -0.39 is 0 Å². The van der Waals surface area contributed by atoms with Gasteiger partial charge >= 0.3 is 0 Å². The van der Waals surface area contributed by atoms with Crippen LogP contribution in [0.1, 0.15) is 11.3 Å². The van der Waals surface area contributed by atoms with Crippen molar-refractivity contribution in [2.45, 2.75) is 12.8 Å². The van der Waals surface area contributed by atoms with Crippen LogP contribution in [0.3, 0.4) is 0 Å². The van der Waals surface area contributed by atoms with E-state index in [1.54, 1.807) is 4.68 Å². The maximum atomic E-state index is 6.23. The summed E-state index contributed by atoms with van der Waals surface area (Å²) in [6.45, 7) is 1.92. The van der Waals surface area contributed by atoms with Crippen molar-refractivity contribution in [3.63, 3.8) is 0 Å². The summed E-state index contributed by atoms with van der Waals surface area (Å²) >= 11 is 12.2. The molecule has 3 rings (SSSR count). The molecule has 3 nitrogen and oxygen atoms in total. The highest BCUT2D eigenvalue weighted by Crippen LogP contribution is 2.35. The maximum Gasteiger partial charge on any atom is 0.222 e. The van der Waals surface area contributed by atoms with E-state index >= 15 is 0 Å². The molecule has 0 N–H and O–H groups in total. The summed E-state index contributed by atoms with van der Waals surface area (Å²) in [7, 11) is 1.84. The zero-order chi connectivity index (χ0) is 15.0. The Morgan fingerprint density at radius 1 is 1.14 bits per heavy atom. The molecule has 21 heavy (non-hydrogen) atoms. The number of halogens is 2. The maximum absolute atomic E-state index is 6.23. The Hall–Kier alpha value is -1.71. The van der Waals surface area contributed by atoms with E-state index in [2.05, 4.69) is 5.10 Å². The van der Waals surface area contributed by atoms with E-state index in [1.165, 1.54) is 0 Å². The summed E-state index contributed by atoms with van der Waals surface area (Å²) in [6.07, 6.45) is 0. The zero-order valence-corrected chi connectivity index (χ0v) is 13.2. The fourth-order valence-electron chi connectivity index (χ4n) is 2.39. The molecule has 0 bridgehead atoms. The van der Waals surface area contributed by atoms with Crippen LogP contribution in [0.2, 0.25) is 5.02 Å². The molecule has 0 saturated carbocycles. The Morgan fingerprint density at radius 2 is 1.86 bits per heavy atom. The number of fused-ring (bicyclic) bond motifs is 1. The number of aryl methyl sites for hydroxylation is 2. The van der Waals surface area contributed by atoms with Crippen LogP contribution in [0.25, 0.3) is 10.8 Å². The first-order chi connectivity index (χ1) is 10.1. The molecule has 0 saturated heterocycles. The SMILES string of the molecule is Cc1nn(C)c(Oc2ccc(Cl)c3ccccc23)c1CCl. The van der Waals surface area contributed by atoms with Crippen molar-refractivity contribution in [3.8, 4) is 11.6 Å². The first-order valence-electron chi connectivity index (χ1n) is 6.55. The fourth-order valence-corrected chi connectivity index (χ4v) is 2.93. The zero-order valence-electron chi connectivity index (χ0n) is 11.7. The first kappa shape index (κ1) is 14.2. The van der Waals surface area contributed by atoms with Gasteiger partial charge in [0.05, 0.1) is 17.1 Å². The van der Waals surface area contributed by atoms with Crippen molar-refractivity contribution in [2.24, 2.45) is 7.05 Å². The second-order valence-corrected chi connectivity index (χ2v) is 5.49. The number of alkyl halides is 1. The molecule has 0 aliphatic heterocycles. The van der Waals surface area contributed by atoms with Gasteiger partial charge < -0.3 is 4.74 Å². The normalized spacial score (nSPS) is 11.0. The van der Waals surface area contributed by atoms with Crippen molar-refractivity contribution in [2.75, 3.05) is 0 Å². The van der Waals surface area contributed by atoms with Crippen LogP contribution in [0.5, 0.6) is 11.6 Å². The van der Waals surface area contributed by atoms with Gasteiger partial charge in [0.25, 0.3) is 0 Å². The lowest BCUT2D eigenvalue weighted by atomic mass is 10.1. The third-order valence-electron chi connectivity index (χ3n) is 3.46. The van der Waals surface area contributed by atoms with Gasteiger partial charge in [-0.15, -0.1) is 11.6 Å². The smallest absolute Gasteiger partial charge is 0.222 e. The van der Waals surface area contributed by atoms with E-state index in [1.807, 2.05) is 50.4 Å². The molecule has 0 aliphatic carbocycles. The van der Waals surface area contributed by atoms with Gasteiger partial charge in [-0.1, -0.05) is 35.9 Å². The van der Waals surface area contributed by atoms with E-state index in [0.717, 1.165) is 27.8 Å². The van der Waals surface area contributed by atoms with Gasteiger partial charge in [-0.25, -0.2) is 4.68 Å². The third kappa shape index (κ3) is 2.47. The molecule has 1 aromatic heterocycles. The second kappa shape index (κ2) is 5.58. The van der Waals surface area contributed by atoms with Gasteiger partial charge in [0, 0.05) is 22.8 Å². The van der Waals surface area contributed by atoms with Gasteiger partial charge in [0.2, 0.25) is 5.88 Å². The summed E-state index contributed by atoms with van der Waals surface area (Å²) < 4.78 is 7.78. The highest BCUT2D eigenvalue weighted by Gasteiger charge is 2.16. The van der Waals surface area contributed by atoms with Crippen LogP contribution in [0, 0.1) is 6.92 Å². The van der Waals surface area contributed by atoms with Gasteiger partial charge in [-0.05, 0) is 19.1 Å². The van der Waals surface area contributed by atoms with Crippen molar-refractivity contribution in [1.82, 2.24) is 9.78 Å². The number of hydrogen-bond donors (Lipinski definition) is 0. The molecule has 0 radical (unpaired) electrons. The second-order valence-electron chi connectivity index (χ2n) is 4.82. The van der Waals surface area contributed by atoms with Gasteiger partial charge in [-0.3, -0.25) is 0 Å². The Balaban J connectivity index is 2.13. The van der Waals surface area contributed by atoms with Crippen molar-refractivity contribution >= 4 is 34.0 Å². The van der Waals surface area contributed by atoms with Crippen LogP contribution in [0.15, 0.2) is 36.4 Å². The molecule has 1 heterocycles. The van der Waals surface area contributed by atoms with Gasteiger partial charge in [-0.2, -0.15) is 5.10 Å². The Labute approximate surface area is 133 Å². The van der Waals surface area contributed by atoms with Crippen LogP contribution in [-0.4, -0.2) is 9.78 Å². The monoisotopic (exact) mass is 320 g/mol. The Morgan fingerprint density at radius 3 is 2.57 bits per heavy atom. The highest BCUT2D eigenvalue weighted by molar-refractivity contribution is 6.35. The number of rotatable bonds is 3. The third-order valence-corrected chi connectivity index (χ3v) is 4.06. The van der Waals surface area contributed by atoms with Crippen LogP contribution < -0.4 is 4.74 Å². The average molecular weight is 321 g/mol. The highest BCUT2D eigenvalue weighted by atomic mass is 35.5. The first-order valence-corrected chi connectivity index (χ1v) is 7.46. The van der Waals surface area contributed by atoms with Crippen LogP contribution >= 0.6 is 23.2 Å². The predicted molar refractivity (Wildman–Crippen MR) is 86.5 cm³/mol. The molecular weight excluding hydrogens is 307 g/mol. The summed E-state index contributed by atoms with van der Waals surface area (Å²) in [4.78, 5) is 0. The van der Waals surface area contributed by atoms with Crippen LogP contribution in [-0.2, 0) is 12.9 Å². The summed E-state index contributed by atoms with van der Waals surface area (Å²) in [5.74, 6) is 1.76. The van der Waals surface area contributed by atoms with E-state index in [-0.39, 0.29) is 0 Å². The average Bonchev–Trinajstić information content (AvgIpc) is 2.76. The molecule has 0 fully saturated rings. The minimum atomic E-state index is 0.362. The molecule has 0 unspecified atom stereocenters. The standard InChI is InChI=1S/C16H14Cl2N2O/c1-10-13(9-17)16(20(2)19-10)21-15-8-7-14(18)11-5-3-4-6-12(11)15/h3-8H,9H2,1-2H3. The summed E-state index contributed by atoms with van der Waals surface area (Å²) in [5.41, 5.74) is 1.78. The van der Waals surface area contributed by atoms with Crippen molar-refractivity contribution < 1.29 is 4.74 Å². The lowest BCUT2D eigenvalue weighted by Gasteiger charge is -2.11. The molecule has 108 valence electrons. The minimum Gasteiger partial charge on any atom is -0.438 e. The molecular formula is C16H14Cl2N2O. The number of aromatic nitrogens is 2. The molecule has 0 spiro atoms. The number of ether oxygens (including phenoxy) is 1. The van der Waals surface area contributed by atoms with Crippen LogP contribution in [0.4, 0.5) is 0 Å². The summed E-state index contributed by atoms with van der Waals surface area (Å²) in [5, 5.41) is 6.99. The van der Waals surface area contributed by atoms with Gasteiger partial charge in [0.15, 0.2) is 0 Å². The number of nitrogens with zero attached hydrogens (tertiary/aromatic N) is 2. The molecule has 3 aromatic rings. The fraction of sp³-hybridized carbons (Fsp3) is 0.188. The largest absolute Gasteiger partial charge is 0.438 e. The molecule has 0 aliphatic rings. The van der Waals surface area contributed by atoms with E-state index in [0.29, 0.717) is 16.8 Å². The molecule has 5 heteroatoms. The molecule has 2 aromatic carbocycles. The molecule has 0 atom stereocenters. The van der Waals surface area contributed by atoms with E-state index in [4.69, 9.17) is 27.9 Å². The van der Waals surface area contributed by atoms with Gasteiger partial charge in [0.1, 0.15) is 5.75 Å². The Bertz CT molecular complexity index is 811. The van der Waals surface area contributed by atoms with Crippen molar-refractivity contribution in [1.29, 1.82) is 0 Å². The lowest BCUT2D eigenvalue weighted by molar-refractivity contribution is 0.431. The molecule has 0 amide bonds. The Kier molecular flexibility index (Phi) is 3.79. The van der Waals surface area contributed by atoms with Crippen molar-refractivity contribution in [3.05, 3.63) is 52.7 Å². The van der Waals surface area contributed by atoms with E-state index in [9.17, 15) is 0 Å².